The van der Waals surface area contributed by atoms with Gasteiger partial charge < -0.3 is 4.57 Å². The van der Waals surface area contributed by atoms with Crippen molar-refractivity contribution in [1.29, 1.82) is 0 Å². The minimum atomic E-state index is -0.199. The number of para-hydroxylation sites is 2. The molecule has 0 atom stereocenters. The first-order chi connectivity index (χ1) is 39.0. The molecule has 0 fully saturated rings. The smallest absolute Gasteiger partial charge is 0.0725 e. The fraction of sp³-hybridized carbons (Fsp3) is 0.308. The summed E-state index contributed by atoms with van der Waals surface area (Å²) in [5, 5.41) is 2.68. The predicted molar refractivity (Wildman–Crippen MR) is 361 cm³/mol. The van der Waals surface area contributed by atoms with E-state index in [9.17, 15) is 0 Å². The van der Waals surface area contributed by atoms with Gasteiger partial charge in [-0.05, 0) is 117 Å². The monoisotopic (exact) mass is 1050 g/mol. The van der Waals surface area contributed by atoms with E-state index in [-0.39, 0.29) is 5.41 Å². The summed E-state index contributed by atoms with van der Waals surface area (Å²) in [6.07, 6.45) is 1.10. The lowest BCUT2D eigenvalue weighted by atomic mass is 9.70. The van der Waals surface area contributed by atoms with Gasteiger partial charge in [-0.2, -0.15) is 0 Å². The molecule has 10 aromatic rings. The number of fused-ring (bicyclic) bond motifs is 16. The minimum Gasteiger partial charge on any atom is -0.344 e. The van der Waals surface area contributed by atoms with Crippen LogP contribution >= 0.6 is 0 Å². The lowest BCUT2D eigenvalue weighted by Gasteiger charge is -2.30. The Morgan fingerprint density at radius 3 is 0.924 bits per heavy atom. The number of rotatable bonds is 0. The zero-order chi connectivity index (χ0) is 59.5. The highest BCUT2D eigenvalue weighted by molar-refractivity contribution is 6.07. The van der Waals surface area contributed by atoms with E-state index < -0.39 is 0 Å². The molecule has 0 aliphatic heterocycles. The van der Waals surface area contributed by atoms with Crippen molar-refractivity contribution < 1.29 is 0 Å². The van der Waals surface area contributed by atoms with E-state index >= 15 is 0 Å². The Hall–Kier alpha value is -7.22. The van der Waals surface area contributed by atoms with Crippen molar-refractivity contribution in [3.8, 4) is 33.4 Å². The average molecular weight is 1050 g/mol. The molecule has 3 aliphatic rings. The van der Waals surface area contributed by atoms with Gasteiger partial charge >= 0.3 is 0 Å². The summed E-state index contributed by atoms with van der Waals surface area (Å²) in [6.45, 7) is 42.6. The summed E-state index contributed by atoms with van der Waals surface area (Å²) >= 11 is 0. The molecule has 0 bridgehead atoms. The Morgan fingerprint density at radius 1 is 0.278 bits per heavy atom. The number of aromatic nitrogens is 1. The Balaban J connectivity index is 0.000000515. The molecular formula is C78H103N. The van der Waals surface area contributed by atoms with Gasteiger partial charge in [-0.25, -0.2) is 0 Å². The summed E-state index contributed by atoms with van der Waals surface area (Å²) in [5.74, 6) is 0. The van der Waals surface area contributed by atoms with Gasteiger partial charge in [0.15, 0.2) is 0 Å². The molecule has 0 N–H and O–H groups in total. The third-order valence-electron chi connectivity index (χ3n) is 13.0. The van der Waals surface area contributed by atoms with Crippen molar-refractivity contribution in [2.45, 2.75) is 157 Å². The van der Waals surface area contributed by atoms with Crippen molar-refractivity contribution in [3.05, 3.63) is 262 Å². The second-order valence-electron chi connectivity index (χ2n) is 16.6. The fourth-order valence-electron chi connectivity index (χ4n) is 10.3. The van der Waals surface area contributed by atoms with E-state index in [1.54, 1.807) is 0 Å². The minimum absolute atomic E-state index is 0.199. The van der Waals surface area contributed by atoms with E-state index in [2.05, 4.69) is 227 Å². The van der Waals surface area contributed by atoms with Crippen LogP contribution in [0.25, 0.3) is 55.2 Å². The standard InChI is InChI=1S/C27H20.C13H11N.C13H10.C7H8.9C2H6/c1-17-9-7-15-23-25(17)19-11-3-5-13-21(19)27(23)22-14-6-4-12-20(22)26-18(2)10-8-16-24(26)27;1-14-12-8-4-2-6-10(12)11-7-3-5-9-13(11)14;1-3-7-12-10(5-1)9-11-6-2-4-8-13(11)12;1-7-5-3-2-4-6-7;9*1-2/h3-16H,1-2H3;2-9H,1H3;1-8H,9H2;2-6H,1H3;9*1-2H3. The molecule has 1 heterocycles. The van der Waals surface area contributed by atoms with Crippen molar-refractivity contribution in [1.82, 2.24) is 4.57 Å². The summed E-state index contributed by atoms with van der Waals surface area (Å²) in [7, 11) is 2.12. The topological polar surface area (TPSA) is 4.93 Å². The van der Waals surface area contributed by atoms with Gasteiger partial charge in [0.1, 0.15) is 0 Å². The molecule has 1 heteroatoms. The third kappa shape index (κ3) is 15.5. The van der Waals surface area contributed by atoms with Crippen LogP contribution in [0.15, 0.2) is 212 Å². The lowest BCUT2D eigenvalue weighted by molar-refractivity contribution is 0.793. The quantitative estimate of drug-likeness (QED) is 0.143. The van der Waals surface area contributed by atoms with Crippen molar-refractivity contribution in [2.75, 3.05) is 0 Å². The largest absolute Gasteiger partial charge is 0.344 e. The first-order valence-corrected chi connectivity index (χ1v) is 30.5. The molecule has 1 nitrogen and oxygen atoms in total. The van der Waals surface area contributed by atoms with Gasteiger partial charge in [0.25, 0.3) is 0 Å². The molecule has 0 amide bonds. The maximum absolute atomic E-state index is 2.34. The zero-order valence-corrected chi connectivity index (χ0v) is 53.4. The Bertz CT molecular complexity index is 3020. The number of benzene rings is 9. The van der Waals surface area contributed by atoms with Gasteiger partial charge in [-0.15, -0.1) is 0 Å². The molecule has 0 unspecified atom stereocenters. The van der Waals surface area contributed by atoms with Gasteiger partial charge in [0.2, 0.25) is 0 Å². The SMILES string of the molecule is CC.CC.CC.CC.CC.CC.CC.CC.CC.Cc1cccc2c1-c1ccccc1C21c2ccccc2-c2c(C)cccc21.Cc1ccccc1.Cn1c2ccccc2c2ccccc21.c1ccc2c(c1)Cc1ccccc1-2. The van der Waals surface area contributed by atoms with Gasteiger partial charge in [-0.1, -0.05) is 330 Å². The van der Waals surface area contributed by atoms with Gasteiger partial charge in [-0.3, -0.25) is 0 Å². The maximum atomic E-state index is 2.34. The molecule has 420 valence electrons. The molecule has 0 saturated heterocycles. The molecule has 79 heavy (non-hydrogen) atoms. The zero-order valence-electron chi connectivity index (χ0n) is 53.4. The Kier molecular flexibility index (Phi) is 33.9. The lowest BCUT2D eigenvalue weighted by Crippen LogP contribution is -2.25. The highest BCUT2D eigenvalue weighted by Crippen LogP contribution is 2.63. The van der Waals surface area contributed by atoms with Gasteiger partial charge in [0.05, 0.1) is 5.41 Å². The highest BCUT2D eigenvalue weighted by atomic mass is 14.9. The van der Waals surface area contributed by atoms with Crippen LogP contribution in [0.2, 0.25) is 0 Å². The van der Waals surface area contributed by atoms with Crippen LogP contribution in [-0.4, -0.2) is 4.57 Å². The summed E-state index contributed by atoms with van der Waals surface area (Å²) < 4.78 is 2.24. The second-order valence-corrected chi connectivity index (χ2v) is 16.6. The van der Waals surface area contributed by atoms with Crippen molar-refractivity contribution >= 4 is 21.8 Å². The van der Waals surface area contributed by atoms with E-state index in [0.717, 1.165) is 6.42 Å². The Morgan fingerprint density at radius 2 is 0.570 bits per heavy atom. The maximum Gasteiger partial charge on any atom is 0.0725 e. The molecule has 0 saturated carbocycles. The average Bonchev–Trinajstić information content (AvgIpc) is 4.44. The molecule has 13 rings (SSSR count). The number of hydrogen-bond donors (Lipinski definition) is 0. The number of hydrogen-bond acceptors (Lipinski definition) is 0. The molecule has 9 aromatic carbocycles. The summed E-state index contributed by atoms with van der Waals surface area (Å²) in [5.41, 5.74) is 23.5. The van der Waals surface area contributed by atoms with E-state index in [4.69, 9.17) is 0 Å². The van der Waals surface area contributed by atoms with Crippen LogP contribution < -0.4 is 0 Å². The Labute approximate surface area is 483 Å². The van der Waals surface area contributed by atoms with Crippen LogP contribution in [0.3, 0.4) is 0 Å². The molecule has 1 spiro atoms. The van der Waals surface area contributed by atoms with Crippen molar-refractivity contribution in [2.24, 2.45) is 7.05 Å². The highest BCUT2D eigenvalue weighted by Gasteiger charge is 2.52. The fourth-order valence-corrected chi connectivity index (χ4v) is 10.3. The van der Waals surface area contributed by atoms with Crippen molar-refractivity contribution in [3.63, 3.8) is 0 Å². The predicted octanol–water partition coefficient (Wildman–Crippen LogP) is 24.5. The van der Waals surface area contributed by atoms with E-state index in [1.807, 2.05) is 143 Å². The van der Waals surface area contributed by atoms with Crippen LogP contribution in [0, 0.1) is 20.8 Å². The number of nitrogens with zero attached hydrogens (tertiary/aromatic N) is 1. The van der Waals surface area contributed by atoms with Crippen LogP contribution in [0.4, 0.5) is 0 Å². The first kappa shape index (κ1) is 69.8. The molecule has 3 aliphatic carbocycles. The molecular weight excluding hydrogens is 951 g/mol. The third-order valence-corrected chi connectivity index (χ3v) is 13.0. The first-order valence-electron chi connectivity index (χ1n) is 30.5. The summed E-state index contributed by atoms with van der Waals surface area (Å²) in [6, 6.07) is 76.2. The van der Waals surface area contributed by atoms with Crippen LogP contribution in [0.5, 0.6) is 0 Å². The second kappa shape index (κ2) is 38.4. The number of aryl methyl sites for hydroxylation is 4. The molecule has 0 radical (unpaired) electrons. The van der Waals surface area contributed by atoms with Crippen LogP contribution in [-0.2, 0) is 18.9 Å². The van der Waals surface area contributed by atoms with E-state index in [0.29, 0.717) is 0 Å². The van der Waals surface area contributed by atoms with Crippen LogP contribution in [0.1, 0.15) is 175 Å². The van der Waals surface area contributed by atoms with E-state index in [1.165, 1.54) is 105 Å². The summed E-state index contributed by atoms with van der Waals surface area (Å²) in [4.78, 5) is 0. The van der Waals surface area contributed by atoms with Gasteiger partial charge in [0, 0.05) is 28.9 Å². The molecule has 1 aromatic heterocycles. The normalized spacial score (nSPS) is 10.5.